The Balaban J connectivity index is 1.25. The van der Waals surface area contributed by atoms with Crippen LogP contribution in [0.4, 0.5) is 0 Å². The summed E-state index contributed by atoms with van der Waals surface area (Å²) in [5.74, 6) is 0.212. The van der Waals surface area contributed by atoms with Crippen molar-refractivity contribution in [1.29, 1.82) is 0 Å². The lowest BCUT2D eigenvalue weighted by Gasteiger charge is -2.61. The highest BCUT2D eigenvalue weighted by Gasteiger charge is 2.56. The highest BCUT2D eigenvalue weighted by Crippen LogP contribution is 2.39. The average Bonchev–Trinajstić information content (AvgIpc) is 3.12. The summed E-state index contributed by atoms with van der Waals surface area (Å²) in [6.07, 6.45) is 2.03. The molecular weight excluding hydrogens is 374 g/mol. The molecular formula is C25H31N3O2. The molecule has 5 nitrogen and oxygen atoms in total. The Morgan fingerprint density at radius 2 is 1.60 bits per heavy atom. The zero-order valence-electron chi connectivity index (χ0n) is 17.5. The van der Waals surface area contributed by atoms with E-state index in [1.807, 2.05) is 30.3 Å². The van der Waals surface area contributed by atoms with E-state index in [0.717, 1.165) is 57.7 Å². The first kappa shape index (κ1) is 19.7. The monoisotopic (exact) mass is 405 g/mol. The molecule has 1 N–H and O–H groups in total. The van der Waals surface area contributed by atoms with Gasteiger partial charge in [0.05, 0.1) is 18.1 Å². The van der Waals surface area contributed by atoms with Gasteiger partial charge in [-0.15, -0.1) is 0 Å². The number of carbonyl (C=O) groups excluding carboxylic acids is 1. The van der Waals surface area contributed by atoms with Gasteiger partial charge < -0.3 is 10.0 Å². The molecule has 30 heavy (non-hydrogen) atoms. The van der Waals surface area contributed by atoms with E-state index in [0.29, 0.717) is 6.42 Å². The summed E-state index contributed by atoms with van der Waals surface area (Å²) in [5.41, 5.74) is 2.45. The van der Waals surface area contributed by atoms with E-state index < -0.39 is 0 Å². The van der Waals surface area contributed by atoms with Crippen LogP contribution in [0, 0.1) is 0 Å². The van der Waals surface area contributed by atoms with Crippen LogP contribution in [0.15, 0.2) is 60.7 Å². The van der Waals surface area contributed by atoms with Gasteiger partial charge in [0.1, 0.15) is 0 Å². The maximum absolute atomic E-state index is 13.1. The Bertz CT molecular complexity index is 866. The fraction of sp³-hybridized carbons (Fsp3) is 0.480. The molecule has 2 aromatic rings. The number of fused-ring (bicyclic) bond motifs is 2. The first-order valence-corrected chi connectivity index (χ1v) is 11.1. The minimum absolute atomic E-state index is 0.00341. The lowest BCUT2D eigenvalue weighted by atomic mass is 9.83. The van der Waals surface area contributed by atoms with Gasteiger partial charge in [-0.25, -0.2) is 0 Å². The third-order valence-electron chi connectivity index (χ3n) is 7.06. The molecule has 3 aliphatic heterocycles. The van der Waals surface area contributed by atoms with Crippen LogP contribution in [0.5, 0.6) is 0 Å². The third kappa shape index (κ3) is 3.89. The molecule has 0 saturated carbocycles. The Labute approximate surface area is 178 Å². The number of hydrogen-bond donors (Lipinski definition) is 1. The number of piperazine rings is 1. The zero-order chi connectivity index (χ0) is 20.6. The zero-order valence-corrected chi connectivity index (χ0v) is 17.5. The standard InChI is InChI=1S/C25H31N3O2/c29-23-14-22-15-27(24(30)13-21-9-5-2-6-10-21)19-25(28(22)16-23)17-26(18-25)12-11-20-7-3-1-4-8-20/h1-10,22-23,29H,11-19H2/t22-,23-/m1/s1. The molecule has 0 aliphatic carbocycles. The summed E-state index contributed by atoms with van der Waals surface area (Å²) in [5, 5.41) is 10.3. The second kappa shape index (κ2) is 8.14. The number of rotatable bonds is 5. The molecule has 158 valence electrons. The SMILES string of the molecule is O=C(Cc1ccccc1)N1C[C@H]2C[C@@H](O)CN2C2(CN(CCc3ccccc3)C2)C1. The maximum Gasteiger partial charge on any atom is 0.227 e. The van der Waals surface area contributed by atoms with Crippen LogP contribution >= 0.6 is 0 Å². The van der Waals surface area contributed by atoms with Gasteiger partial charge in [0.25, 0.3) is 0 Å². The van der Waals surface area contributed by atoms with Gasteiger partial charge in [-0.2, -0.15) is 0 Å². The molecule has 3 aliphatic rings. The maximum atomic E-state index is 13.1. The number of likely N-dealkylation sites (tertiary alicyclic amines) is 1. The van der Waals surface area contributed by atoms with E-state index in [2.05, 4.69) is 45.0 Å². The summed E-state index contributed by atoms with van der Waals surface area (Å²) in [6.45, 7) is 5.29. The van der Waals surface area contributed by atoms with Crippen molar-refractivity contribution in [2.24, 2.45) is 0 Å². The molecule has 2 atom stereocenters. The molecule has 2 aromatic carbocycles. The number of aliphatic hydroxyl groups excluding tert-OH is 1. The lowest BCUT2D eigenvalue weighted by Crippen LogP contribution is -2.78. The second-order valence-electron chi connectivity index (χ2n) is 9.30. The molecule has 1 spiro atoms. The van der Waals surface area contributed by atoms with Gasteiger partial charge >= 0.3 is 0 Å². The molecule has 5 rings (SSSR count). The minimum Gasteiger partial charge on any atom is -0.392 e. The van der Waals surface area contributed by atoms with Crippen LogP contribution in [0.1, 0.15) is 17.5 Å². The van der Waals surface area contributed by atoms with Crippen molar-refractivity contribution < 1.29 is 9.90 Å². The highest BCUT2D eigenvalue weighted by atomic mass is 16.3. The third-order valence-corrected chi connectivity index (χ3v) is 7.06. The predicted octanol–water partition coefficient (Wildman–Crippen LogP) is 1.80. The molecule has 3 fully saturated rings. The lowest BCUT2D eigenvalue weighted by molar-refractivity contribution is -0.149. The molecule has 0 unspecified atom stereocenters. The average molecular weight is 406 g/mol. The Morgan fingerprint density at radius 1 is 0.933 bits per heavy atom. The van der Waals surface area contributed by atoms with Gasteiger partial charge in [0.15, 0.2) is 0 Å². The molecule has 5 heteroatoms. The van der Waals surface area contributed by atoms with Crippen LogP contribution in [-0.2, 0) is 17.6 Å². The van der Waals surface area contributed by atoms with Gasteiger partial charge in [-0.3, -0.25) is 14.6 Å². The Hall–Kier alpha value is -2.21. The Kier molecular flexibility index (Phi) is 5.35. The van der Waals surface area contributed by atoms with Crippen LogP contribution in [-0.4, -0.2) is 82.7 Å². The summed E-state index contributed by atoms with van der Waals surface area (Å²) in [4.78, 5) is 20.2. The van der Waals surface area contributed by atoms with E-state index in [1.165, 1.54) is 5.56 Å². The first-order valence-electron chi connectivity index (χ1n) is 11.1. The summed E-state index contributed by atoms with van der Waals surface area (Å²) in [6, 6.07) is 20.9. The number of amides is 1. The van der Waals surface area contributed by atoms with Crippen molar-refractivity contribution in [3.63, 3.8) is 0 Å². The molecule has 0 aromatic heterocycles. The van der Waals surface area contributed by atoms with Crippen molar-refractivity contribution in [2.45, 2.75) is 36.9 Å². The van der Waals surface area contributed by atoms with Crippen molar-refractivity contribution in [3.05, 3.63) is 71.8 Å². The molecule has 3 saturated heterocycles. The second-order valence-corrected chi connectivity index (χ2v) is 9.30. The number of aliphatic hydroxyl groups is 1. The molecule has 3 heterocycles. The highest BCUT2D eigenvalue weighted by molar-refractivity contribution is 5.79. The quantitative estimate of drug-likeness (QED) is 0.824. The number of β-amino-alcohol motifs (C(OH)–C–C–N with tert-alkyl or cyclic N) is 1. The van der Waals surface area contributed by atoms with Gasteiger partial charge in [-0.05, 0) is 24.0 Å². The van der Waals surface area contributed by atoms with Crippen molar-refractivity contribution in [1.82, 2.24) is 14.7 Å². The topological polar surface area (TPSA) is 47.0 Å². The van der Waals surface area contributed by atoms with E-state index in [4.69, 9.17) is 0 Å². The fourth-order valence-electron chi connectivity index (χ4n) is 5.64. The van der Waals surface area contributed by atoms with Crippen molar-refractivity contribution >= 4 is 5.91 Å². The summed E-state index contributed by atoms with van der Waals surface area (Å²) >= 11 is 0. The Morgan fingerprint density at radius 3 is 2.30 bits per heavy atom. The normalized spacial score (nSPS) is 25.8. The summed E-state index contributed by atoms with van der Waals surface area (Å²) in [7, 11) is 0. The number of carbonyl (C=O) groups is 1. The first-order chi connectivity index (χ1) is 14.6. The fourth-order valence-corrected chi connectivity index (χ4v) is 5.64. The molecule has 1 amide bonds. The molecule has 0 radical (unpaired) electrons. The van der Waals surface area contributed by atoms with Crippen LogP contribution < -0.4 is 0 Å². The van der Waals surface area contributed by atoms with Gasteiger partial charge in [-0.1, -0.05) is 60.7 Å². The van der Waals surface area contributed by atoms with E-state index in [1.54, 1.807) is 0 Å². The number of hydrogen-bond acceptors (Lipinski definition) is 4. The van der Waals surface area contributed by atoms with Crippen LogP contribution in [0.25, 0.3) is 0 Å². The predicted molar refractivity (Wildman–Crippen MR) is 117 cm³/mol. The number of benzene rings is 2. The largest absolute Gasteiger partial charge is 0.392 e. The van der Waals surface area contributed by atoms with Gasteiger partial charge in [0, 0.05) is 45.3 Å². The van der Waals surface area contributed by atoms with Gasteiger partial charge in [0.2, 0.25) is 5.91 Å². The van der Waals surface area contributed by atoms with E-state index in [9.17, 15) is 9.90 Å². The van der Waals surface area contributed by atoms with Crippen molar-refractivity contribution in [3.8, 4) is 0 Å². The van der Waals surface area contributed by atoms with Crippen LogP contribution in [0.2, 0.25) is 0 Å². The van der Waals surface area contributed by atoms with E-state index in [-0.39, 0.29) is 23.6 Å². The van der Waals surface area contributed by atoms with E-state index >= 15 is 0 Å². The minimum atomic E-state index is -0.269. The van der Waals surface area contributed by atoms with Crippen molar-refractivity contribution in [2.75, 3.05) is 39.3 Å². The number of nitrogens with zero attached hydrogens (tertiary/aromatic N) is 3. The van der Waals surface area contributed by atoms with Crippen LogP contribution in [0.3, 0.4) is 0 Å². The smallest absolute Gasteiger partial charge is 0.227 e. The molecule has 0 bridgehead atoms. The summed E-state index contributed by atoms with van der Waals surface area (Å²) < 4.78 is 0.